The average Bonchev–Trinajstić information content (AvgIpc) is 2.72. The molecule has 0 saturated heterocycles. The van der Waals surface area contributed by atoms with Gasteiger partial charge in [0, 0.05) is 24.4 Å². The normalized spacial score (nSPS) is 15.1. The van der Waals surface area contributed by atoms with Crippen molar-refractivity contribution in [2.24, 2.45) is 5.92 Å². The molecule has 104 valence electrons. The monoisotopic (exact) mass is 261 g/mol. The standard InChI is InChI=1S/C14H23N5/c1-6-15-10(4)12(9(2)3)13-14-18-17-11(5)19(14)8-7-16-13/h7-10,12,15H,6H2,1-5H3. The molecule has 0 radical (unpaired) electrons. The molecule has 1 N–H and O–H groups in total. The SMILES string of the molecule is CCNC(C)C(c1nccn2c(C)nnc12)C(C)C. The third-order valence-corrected chi connectivity index (χ3v) is 3.62. The Labute approximate surface area is 114 Å². The summed E-state index contributed by atoms with van der Waals surface area (Å²) in [6.07, 6.45) is 3.76. The van der Waals surface area contributed by atoms with E-state index in [4.69, 9.17) is 0 Å². The van der Waals surface area contributed by atoms with Crippen LogP contribution in [0.25, 0.3) is 5.65 Å². The highest BCUT2D eigenvalue weighted by molar-refractivity contribution is 5.45. The summed E-state index contributed by atoms with van der Waals surface area (Å²) in [5, 5.41) is 11.9. The van der Waals surface area contributed by atoms with Gasteiger partial charge in [0.25, 0.3) is 0 Å². The molecule has 0 aliphatic rings. The zero-order chi connectivity index (χ0) is 14.0. The Morgan fingerprint density at radius 1 is 1.26 bits per heavy atom. The Hall–Kier alpha value is -1.49. The smallest absolute Gasteiger partial charge is 0.182 e. The summed E-state index contributed by atoms with van der Waals surface area (Å²) in [5.74, 6) is 1.72. The number of nitrogens with one attached hydrogen (secondary N) is 1. The van der Waals surface area contributed by atoms with Gasteiger partial charge in [0.1, 0.15) is 5.82 Å². The van der Waals surface area contributed by atoms with Gasteiger partial charge in [-0.2, -0.15) is 0 Å². The lowest BCUT2D eigenvalue weighted by atomic mass is 9.86. The van der Waals surface area contributed by atoms with E-state index in [2.05, 4.69) is 48.2 Å². The molecular formula is C14H23N5. The van der Waals surface area contributed by atoms with Gasteiger partial charge in [-0.1, -0.05) is 20.8 Å². The van der Waals surface area contributed by atoms with E-state index in [1.807, 2.05) is 23.7 Å². The van der Waals surface area contributed by atoms with Crippen LogP contribution in [0.1, 0.15) is 45.1 Å². The lowest BCUT2D eigenvalue weighted by Crippen LogP contribution is -2.35. The van der Waals surface area contributed by atoms with E-state index in [0.717, 1.165) is 23.7 Å². The number of nitrogens with zero attached hydrogens (tertiary/aromatic N) is 4. The van der Waals surface area contributed by atoms with E-state index >= 15 is 0 Å². The van der Waals surface area contributed by atoms with Crippen LogP contribution in [0.5, 0.6) is 0 Å². The lowest BCUT2D eigenvalue weighted by molar-refractivity contribution is 0.377. The fraction of sp³-hybridized carbons (Fsp3) is 0.643. The van der Waals surface area contributed by atoms with Gasteiger partial charge in [-0.15, -0.1) is 10.2 Å². The minimum atomic E-state index is 0.326. The van der Waals surface area contributed by atoms with Crippen LogP contribution in [0.2, 0.25) is 0 Å². The quantitative estimate of drug-likeness (QED) is 0.896. The molecule has 0 fully saturated rings. The summed E-state index contributed by atoms with van der Waals surface area (Å²) in [4.78, 5) is 4.58. The summed E-state index contributed by atoms with van der Waals surface area (Å²) in [7, 11) is 0. The molecule has 5 heteroatoms. The molecule has 2 aromatic rings. The molecule has 0 aliphatic heterocycles. The number of hydrogen-bond acceptors (Lipinski definition) is 4. The first kappa shape index (κ1) is 13.9. The number of aryl methyl sites for hydroxylation is 1. The number of rotatable bonds is 5. The second-order valence-corrected chi connectivity index (χ2v) is 5.37. The molecule has 2 unspecified atom stereocenters. The maximum atomic E-state index is 4.58. The molecule has 19 heavy (non-hydrogen) atoms. The summed E-state index contributed by atoms with van der Waals surface area (Å²) in [6, 6.07) is 0.362. The molecule has 5 nitrogen and oxygen atoms in total. The van der Waals surface area contributed by atoms with Crippen molar-refractivity contribution in [2.75, 3.05) is 6.54 Å². The van der Waals surface area contributed by atoms with Gasteiger partial charge in [0.05, 0.1) is 5.69 Å². The first-order valence-electron chi connectivity index (χ1n) is 6.95. The predicted molar refractivity (Wildman–Crippen MR) is 76.2 cm³/mol. The Kier molecular flexibility index (Phi) is 4.14. The predicted octanol–water partition coefficient (Wildman–Crippen LogP) is 2.17. The van der Waals surface area contributed by atoms with Crippen molar-refractivity contribution in [1.82, 2.24) is 24.9 Å². The number of hydrogen-bond donors (Lipinski definition) is 1. The highest BCUT2D eigenvalue weighted by Gasteiger charge is 2.26. The van der Waals surface area contributed by atoms with Crippen LogP contribution < -0.4 is 5.32 Å². The van der Waals surface area contributed by atoms with Crippen LogP contribution in [0.3, 0.4) is 0 Å². The Morgan fingerprint density at radius 2 is 2.00 bits per heavy atom. The van der Waals surface area contributed by atoms with E-state index in [1.54, 1.807) is 0 Å². The summed E-state index contributed by atoms with van der Waals surface area (Å²) in [5.41, 5.74) is 1.91. The van der Waals surface area contributed by atoms with Crippen LogP contribution in [-0.4, -0.2) is 32.2 Å². The van der Waals surface area contributed by atoms with Crippen LogP contribution in [0.4, 0.5) is 0 Å². The molecule has 2 atom stereocenters. The summed E-state index contributed by atoms with van der Waals surface area (Å²) < 4.78 is 2.01. The summed E-state index contributed by atoms with van der Waals surface area (Å²) >= 11 is 0. The van der Waals surface area contributed by atoms with Crippen LogP contribution in [0.15, 0.2) is 12.4 Å². The number of fused-ring (bicyclic) bond motifs is 1. The molecule has 2 heterocycles. The van der Waals surface area contributed by atoms with Gasteiger partial charge < -0.3 is 5.32 Å². The molecule has 0 aromatic carbocycles. The van der Waals surface area contributed by atoms with Crippen LogP contribution >= 0.6 is 0 Å². The van der Waals surface area contributed by atoms with Crippen molar-refractivity contribution < 1.29 is 0 Å². The maximum absolute atomic E-state index is 4.58. The van der Waals surface area contributed by atoms with E-state index in [9.17, 15) is 0 Å². The minimum Gasteiger partial charge on any atom is -0.314 e. The van der Waals surface area contributed by atoms with E-state index in [0.29, 0.717) is 17.9 Å². The van der Waals surface area contributed by atoms with Gasteiger partial charge >= 0.3 is 0 Å². The van der Waals surface area contributed by atoms with Crippen molar-refractivity contribution in [3.63, 3.8) is 0 Å². The minimum absolute atomic E-state index is 0.326. The van der Waals surface area contributed by atoms with Gasteiger partial charge in [0.15, 0.2) is 5.65 Å². The van der Waals surface area contributed by atoms with Crippen molar-refractivity contribution in [3.8, 4) is 0 Å². The molecule has 0 aliphatic carbocycles. The molecule has 0 amide bonds. The maximum Gasteiger partial charge on any atom is 0.182 e. The molecule has 0 saturated carbocycles. The van der Waals surface area contributed by atoms with E-state index in [-0.39, 0.29) is 0 Å². The topological polar surface area (TPSA) is 55.1 Å². The first-order valence-corrected chi connectivity index (χ1v) is 6.95. The van der Waals surface area contributed by atoms with Gasteiger partial charge in [-0.25, -0.2) is 0 Å². The fourth-order valence-corrected chi connectivity index (χ4v) is 2.77. The second kappa shape index (κ2) is 5.65. The highest BCUT2D eigenvalue weighted by atomic mass is 15.2. The number of likely N-dealkylation sites (N-methyl/N-ethyl adjacent to an activating group) is 1. The van der Waals surface area contributed by atoms with E-state index < -0.39 is 0 Å². The highest BCUT2D eigenvalue weighted by Crippen LogP contribution is 2.28. The molecule has 2 aromatic heterocycles. The summed E-state index contributed by atoms with van der Waals surface area (Å²) in [6.45, 7) is 11.7. The lowest BCUT2D eigenvalue weighted by Gasteiger charge is -2.27. The van der Waals surface area contributed by atoms with E-state index in [1.165, 1.54) is 0 Å². The zero-order valence-electron chi connectivity index (χ0n) is 12.4. The fourth-order valence-electron chi connectivity index (χ4n) is 2.77. The average molecular weight is 261 g/mol. The second-order valence-electron chi connectivity index (χ2n) is 5.37. The molecular weight excluding hydrogens is 238 g/mol. The van der Waals surface area contributed by atoms with Crippen molar-refractivity contribution >= 4 is 5.65 Å². The third-order valence-electron chi connectivity index (χ3n) is 3.62. The van der Waals surface area contributed by atoms with Crippen LogP contribution in [-0.2, 0) is 0 Å². The Bertz CT molecular complexity index is 546. The van der Waals surface area contributed by atoms with Gasteiger partial charge in [0.2, 0.25) is 0 Å². The molecule has 0 spiro atoms. The Balaban J connectivity index is 2.50. The van der Waals surface area contributed by atoms with Gasteiger partial charge in [-0.3, -0.25) is 9.38 Å². The van der Waals surface area contributed by atoms with Gasteiger partial charge in [-0.05, 0) is 26.3 Å². The zero-order valence-corrected chi connectivity index (χ0v) is 12.4. The molecule has 0 bridgehead atoms. The van der Waals surface area contributed by atoms with Crippen molar-refractivity contribution in [2.45, 2.75) is 46.6 Å². The number of aromatic nitrogens is 4. The van der Waals surface area contributed by atoms with Crippen molar-refractivity contribution in [3.05, 3.63) is 23.9 Å². The molecule has 2 rings (SSSR count). The third kappa shape index (κ3) is 2.61. The van der Waals surface area contributed by atoms with Crippen molar-refractivity contribution in [1.29, 1.82) is 0 Å². The first-order chi connectivity index (χ1) is 9.06. The largest absolute Gasteiger partial charge is 0.314 e. The van der Waals surface area contributed by atoms with Crippen LogP contribution in [0, 0.1) is 12.8 Å². The Morgan fingerprint density at radius 3 is 2.63 bits per heavy atom.